The first-order valence-electron chi connectivity index (χ1n) is 2.05. The highest BCUT2D eigenvalue weighted by atomic mass is 19.4. The van der Waals surface area contributed by atoms with Crippen LogP contribution in [0.4, 0.5) is 26.2 Å². The van der Waals surface area contributed by atoms with E-state index in [1.165, 1.54) is 0 Å². The highest BCUT2D eigenvalue weighted by Crippen LogP contribution is 2.28. The summed E-state index contributed by atoms with van der Waals surface area (Å²) < 4.78 is 66.9. The standard InChI is InChI=1S/C3HBF6/c5-1-2(4(9)10)3(6,7)8/h1H/b2-1-. The van der Waals surface area contributed by atoms with Gasteiger partial charge < -0.3 is 0 Å². The van der Waals surface area contributed by atoms with E-state index in [9.17, 15) is 26.2 Å². The first-order valence-corrected chi connectivity index (χ1v) is 2.05. The molecule has 0 aromatic rings. The summed E-state index contributed by atoms with van der Waals surface area (Å²) in [4.78, 5) is 0. The molecule has 0 rings (SSSR count). The molecule has 0 aliphatic rings. The van der Waals surface area contributed by atoms with Crippen LogP contribution in [0.3, 0.4) is 0 Å². The van der Waals surface area contributed by atoms with Gasteiger partial charge >= 0.3 is 13.4 Å². The molecule has 0 nitrogen and oxygen atoms in total. The lowest BCUT2D eigenvalue weighted by molar-refractivity contribution is -0.0873. The number of rotatable bonds is 1. The van der Waals surface area contributed by atoms with Gasteiger partial charge in [0, 0.05) is 0 Å². The molecule has 0 radical (unpaired) electrons. The van der Waals surface area contributed by atoms with Crippen molar-refractivity contribution >= 4 is 7.27 Å². The first-order chi connectivity index (χ1) is 4.39. The molecule has 0 saturated heterocycles. The highest BCUT2D eigenvalue weighted by molar-refractivity contribution is 6.52. The SMILES string of the molecule is F/C=C(\B(F)F)C(F)(F)F. The summed E-state index contributed by atoms with van der Waals surface area (Å²) >= 11 is 0. The van der Waals surface area contributed by atoms with E-state index in [0.29, 0.717) is 0 Å². The predicted molar refractivity (Wildman–Crippen MR) is 23.2 cm³/mol. The van der Waals surface area contributed by atoms with Crippen LogP contribution in [0.15, 0.2) is 11.8 Å². The zero-order chi connectivity index (χ0) is 8.36. The molecule has 0 fully saturated rings. The van der Waals surface area contributed by atoms with Gasteiger partial charge in [0.1, 0.15) is 5.47 Å². The topological polar surface area (TPSA) is 0 Å². The first kappa shape index (κ1) is 9.38. The maximum absolute atomic E-state index is 11.2. The molecule has 0 aliphatic carbocycles. The Kier molecular flexibility index (Phi) is 2.80. The minimum atomic E-state index is -5.27. The van der Waals surface area contributed by atoms with E-state index >= 15 is 0 Å². The zero-order valence-electron chi connectivity index (χ0n) is 4.42. The van der Waals surface area contributed by atoms with Crippen LogP contribution >= 0.6 is 0 Å². The summed E-state index contributed by atoms with van der Waals surface area (Å²) in [5.74, 6) is 0. The fourth-order valence-electron chi connectivity index (χ4n) is 0.233. The van der Waals surface area contributed by atoms with Gasteiger partial charge in [-0.1, -0.05) is 0 Å². The van der Waals surface area contributed by atoms with Crippen molar-refractivity contribution in [2.75, 3.05) is 0 Å². The molecule has 0 atom stereocenters. The molecule has 0 N–H and O–H groups in total. The normalized spacial score (nSPS) is 13.6. The van der Waals surface area contributed by atoms with Crippen molar-refractivity contribution in [1.29, 1.82) is 0 Å². The predicted octanol–water partition coefficient (Wildman–Crippen LogP) is 2.37. The lowest BCUT2D eigenvalue weighted by atomic mass is 9.86. The smallest absolute Gasteiger partial charge is 0.281 e. The van der Waals surface area contributed by atoms with E-state index in [4.69, 9.17) is 0 Å². The van der Waals surface area contributed by atoms with E-state index in [0.717, 1.165) is 0 Å². The van der Waals surface area contributed by atoms with Crippen molar-refractivity contribution in [1.82, 2.24) is 0 Å². The van der Waals surface area contributed by atoms with E-state index in [1.54, 1.807) is 0 Å². The summed E-state index contributed by atoms with van der Waals surface area (Å²) in [6.45, 7) is 0. The van der Waals surface area contributed by atoms with Gasteiger partial charge in [-0.25, -0.2) is 4.39 Å². The minimum Gasteiger partial charge on any atom is -0.281 e. The molecule has 0 spiro atoms. The molecule has 0 aromatic carbocycles. The Morgan fingerprint density at radius 1 is 1.20 bits per heavy atom. The fraction of sp³-hybridized carbons (Fsp3) is 0.333. The third-order valence-corrected chi connectivity index (χ3v) is 0.680. The average molecular weight is 162 g/mol. The van der Waals surface area contributed by atoms with Crippen LogP contribution in [0, 0.1) is 0 Å². The maximum atomic E-state index is 11.2. The van der Waals surface area contributed by atoms with Crippen molar-refractivity contribution in [3.63, 3.8) is 0 Å². The van der Waals surface area contributed by atoms with Crippen molar-refractivity contribution in [2.24, 2.45) is 0 Å². The van der Waals surface area contributed by atoms with Crippen LogP contribution in [0.2, 0.25) is 0 Å². The summed E-state index contributed by atoms with van der Waals surface area (Å²) in [7, 11) is -3.81. The number of hydrogen-bond donors (Lipinski definition) is 0. The molecule has 0 aromatic heterocycles. The lowest BCUT2D eigenvalue weighted by Gasteiger charge is -2.04. The molecule has 7 heteroatoms. The largest absolute Gasteiger partial charge is 0.579 e. The Balaban J connectivity index is 4.40. The van der Waals surface area contributed by atoms with Gasteiger partial charge in [-0.05, 0) is 0 Å². The third kappa shape index (κ3) is 2.32. The van der Waals surface area contributed by atoms with Gasteiger partial charge in [0.05, 0.1) is 6.33 Å². The van der Waals surface area contributed by atoms with Gasteiger partial charge in [0.15, 0.2) is 0 Å². The number of alkyl halides is 3. The fourth-order valence-corrected chi connectivity index (χ4v) is 0.233. The molecule has 0 aliphatic heterocycles. The monoisotopic (exact) mass is 162 g/mol. The summed E-state index contributed by atoms with van der Waals surface area (Å²) in [5.41, 5.74) is -2.45. The number of hydrogen-bond acceptors (Lipinski definition) is 0. The molecule has 0 amide bonds. The van der Waals surface area contributed by atoms with Crippen LogP contribution in [0.5, 0.6) is 0 Å². The highest BCUT2D eigenvalue weighted by Gasteiger charge is 2.43. The van der Waals surface area contributed by atoms with E-state index < -0.39 is 25.2 Å². The van der Waals surface area contributed by atoms with Crippen molar-refractivity contribution < 1.29 is 26.2 Å². The van der Waals surface area contributed by atoms with Crippen LogP contribution < -0.4 is 0 Å². The molecule has 10 heavy (non-hydrogen) atoms. The van der Waals surface area contributed by atoms with Gasteiger partial charge in [0.2, 0.25) is 0 Å². The minimum absolute atomic E-state index is 1.13. The molecule has 0 heterocycles. The Morgan fingerprint density at radius 2 is 1.60 bits per heavy atom. The molecular weight excluding hydrogens is 161 g/mol. The Bertz CT molecular complexity index is 134. The second-order valence-corrected chi connectivity index (χ2v) is 1.36. The van der Waals surface area contributed by atoms with E-state index in [2.05, 4.69) is 0 Å². The van der Waals surface area contributed by atoms with Gasteiger partial charge in [-0.3, -0.25) is 8.63 Å². The zero-order valence-corrected chi connectivity index (χ0v) is 4.42. The second-order valence-electron chi connectivity index (χ2n) is 1.36. The summed E-state index contributed by atoms with van der Waals surface area (Å²) in [6.07, 6.45) is -6.41. The quantitative estimate of drug-likeness (QED) is 0.410. The number of halogens is 6. The molecular formula is C3HBF6. The van der Waals surface area contributed by atoms with Crippen LogP contribution in [-0.2, 0) is 0 Å². The Morgan fingerprint density at radius 3 is 1.60 bits per heavy atom. The summed E-state index contributed by atoms with van der Waals surface area (Å²) in [5, 5.41) is 0. The Hall–Kier alpha value is -0.615. The van der Waals surface area contributed by atoms with Gasteiger partial charge in [-0.15, -0.1) is 0 Å². The van der Waals surface area contributed by atoms with E-state index in [1.807, 2.05) is 0 Å². The van der Waals surface area contributed by atoms with Crippen LogP contribution in [-0.4, -0.2) is 13.4 Å². The van der Waals surface area contributed by atoms with Crippen molar-refractivity contribution in [3.05, 3.63) is 11.8 Å². The Labute approximate surface area is 52.7 Å². The molecule has 0 bridgehead atoms. The molecule has 0 saturated carbocycles. The second kappa shape index (κ2) is 2.98. The lowest BCUT2D eigenvalue weighted by Crippen LogP contribution is -2.20. The van der Waals surface area contributed by atoms with Gasteiger partial charge in [0.25, 0.3) is 0 Å². The van der Waals surface area contributed by atoms with E-state index in [-0.39, 0.29) is 0 Å². The average Bonchev–Trinajstić information content (AvgIpc) is 1.60. The summed E-state index contributed by atoms with van der Waals surface area (Å²) in [6, 6.07) is 0. The van der Waals surface area contributed by atoms with Gasteiger partial charge in [-0.2, -0.15) is 13.2 Å². The molecule has 0 unspecified atom stereocenters. The van der Waals surface area contributed by atoms with Crippen LogP contribution in [0.1, 0.15) is 0 Å². The maximum Gasteiger partial charge on any atom is 0.579 e. The molecule has 58 valence electrons. The third-order valence-electron chi connectivity index (χ3n) is 0.680. The van der Waals surface area contributed by atoms with Crippen molar-refractivity contribution in [2.45, 2.75) is 6.18 Å². The van der Waals surface area contributed by atoms with Crippen molar-refractivity contribution in [3.8, 4) is 0 Å². The van der Waals surface area contributed by atoms with Crippen LogP contribution in [0.25, 0.3) is 0 Å². The number of allylic oxidation sites excluding steroid dienone is 1.